The normalized spacial score (nSPS) is 12.0. The van der Waals surface area contributed by atoms with Gasteiger partial charge in [-0.2, -0.15) is 0 Å². The van der Waals surface area contributed by atoms with Crippen LogP contribution in [0.25, 0.3) is 93.7 Å². The van der Waals surface area contributed by atoms with Gasteiger partial charge in [0.2, 0.25) is 0 Å². The average molecular weight is 1100 g/mol. The van der Waals surface area contributed by atoms with E-state index in [0.29, 0.717) is 5.02 Å². The Bertz CT molecular complexity index is 4610. The largest absolute Gasteiger partial charge is 0.308 e. The van der Waals surface area contributed by atoms with Crippen LogP contribution >= 0.6 is 11.6 Å². The van der Waals surface area contributed by atoms with E-state index in [0.717, 1.165) is 122 Å². The van der Waals surface area contributed by atoms with Crippen LogP contribution in [0.15, 0.2) is 279 Å². The van der Waals surface area contributed by atoms with Gasteiger partial charge in [-0.15, -0.1) is 0 Å². The van der Waals surface area contributed by atoms with Crippen molar-refractivity contribution < 1.29 is 0 Å². The van der Waals surface area contributed by atoms with Crippen molar-refractivity contribution in [1.29, 1.82) is 0 Å². The molecule has 0 atom stereocenters. The smallest absolute Gasteiger partial charge is 0.0662 e. The molecule has 84 heavy (non-hydrogen) atoms. The highest BCUT2D eigenvalue weighted by atomic mass is 35.5. The monoisotopic (exact) mass is 1100 g/mol. The van der Waals surface area contributed by atoms with Gasteiger partial charge in [0.15, 0.2) is 0 Å². The first-order chi connectivity index (χ1) is 40.9. The maximum atomic E-state index is 7.34. The zero-order chi connectivity index (χ0) is 57.3. The number of hydrogen-bond donors (Lipinski definition) is 0. The number of fused-ring (bicyclic) bond motifs is 6. The van der Waals surface area contributed by atoms with E-state index in [1.165, 1.54) is 16.5 Å². The van der Waals surface area contributed by atoms with E-state index in [9.17, 15) is 0 Å². The minimum absolute atomic E-state index is 0.184. The molecule has 0 unspecified atom stereocenters. The quantitative estimate of drug-likeness (QED) is 0.128. The predicted molar refractivity (Wildman–Crippen MR) is 360 cm³/mol. The molecule has 2 heterocycles. The van der Waals surface area contributed by atoms with Crippen LogP contribution in [-0.4, -0.2) is 4.40 Å². The van der Waals surface area contributed by atoms with E-state index in [1.807, 2.05) is 6.07 Å². The van der Waals surface area contributed by atoms with Crippen molar-refractivity contribution in [2.45, 2.75) is 52.4 Å². The van der Waals surface area contributed by atoms with Crippen molar-refractivity contribution in [3.05, 3.63) is 295 Å². The van der Waals surface area contributed by atoms with Gasteiger partial charge in [-0.3, -0.25) is 0 Å². The molecule has 0 saturated heterocycles. The maximum absolute atomic E-state index is 7.34. The predicted octanol–water partition coefficient (Wildman–Crippen LogP) is 23.4. The van der Waals surface area contributed by atoms with Gasteiger partial charge in [-0.1, -0.05) is 259 Å². The Hall–Kier alpha value is -9.67. The van der Waals surface area contributed by atoms with Gasteiger partial charge in [-0.25, -0.2) is 0 Å². The molecule has 0 aliphatic heterocycles. The van der Waals surface area contributed by atoms with Gasteiger partial charge in [0.05, 0.1) is 39.3 Å². The molecule has 406 valence electrons. The Labute approximate surface area is 498 Å². The fourth-order valence-corrected chi connectivity index (χ4v) is 12.9. The lowest BCUT2D eigenvalue weighted by Crippen LogP contribution is -2.18. The van der Waals surface area contributed by atoms with E-state index in [1.54, 1.807) is 0 Å². The minimum atomic E-state index is -0.184. The molecule has 0 amide bonds. The second-order valence-electron chi connectivity index (χ2n) is 24.3. The summed E-state index contributed by atoms with van der Waals surface area (Å²) in [6.45, 7) is 13.9. The lowest BCUT2D eigenvalue weighted by Gasteiger charge is -2.36. The van der Waals surface area contributed by atoms with Gasteiger partial charge >= 0.3 is 0 Å². The molecule has 3 nitrogen and oxygen atoms in total. The van der Waals surface area contributed by atoms with E-state index >= 15 is 0 Å². The first kappa shape index (κ1) is 52.4. The lowest BCUT2D eigenvalue weighted by atomic mass is 9.81. The number of anilines is 6. The summed E-state index contributed by atoms with van der Waals surface area (Å²) in [6.07, 6.45) is 0. The summed E-state index contributed by atoms with van der Waals surface area (Å²) in [5.41, 5.74) is 23.0. The van der Waals surface area contributed by atoms with Gasteiger partial charge in [0.1, 0.15) is 0 Å². The number of nitrogens with zero attached hydrogens (tertiary/aromatic N) is 3. The Balaban J connectivity index is 1.23. The molecule has 4 heteroatoms. The summed E-state index contributed by atoms with van der Waals surface area (Å²) < 4.78 is 2.54. The highest BCUT2D eigenvalue weighted by molar-refractivity contribution is 6.33. The van der Waals surface area contributed by atoms with Crippen molar-refractivity contribution in [2.24, 2.45) is 0 Å². The van der Waals surface area contributed by atoms with Gasteiger partial charge in [0.25, 0.3) is 0 Å². The zero-order valence-electron chi connectivity index (χ0n) is 48.3. The van der Waals surface area contributed by atoms with Gasteiger partial charge in [-0.05, 0) is 128 Å². The Kier molecular flexibility index (Phi) is 13.1. The standard InChI is InChI=1S/C80H64ClN3/c1-79(2,3)59-47-66(54-30-14-8-15-31-54)76(67(48-59)55-32-16-9-17-33-55)82(62-40-26-38-58(46-62)53-28-12-7-13-29-53)72-52-73(75-65-43-23-25-45-71(65)84-70-44-24-22-42-64(70)74(72)78(75)84)83(63-41-27-39-61(81)51-63)77-68(56-34-18-10-19-35-56)49-60(80(4,5)6)50-69(77)57-36-20-11-21-37-57/h7-52H,1-6H3. The first-order valence-electron chi connectivity index (χ1n) is 29.2. The Morgan fingerprint density at radius 3 is 1.02 bits per heavy atom. The molecule has 0 aliphatic carbocycles. The van der Waals surface area contributed by atoms with Crippen molar-refractivity contribution in [3.8, 4) is 55.6 Å². The number of para-hydroxylation sites is 2. The molecule has 0 saturated carbocycles. The molecule has 12 aromatic carbocycles. The molecule has 2 aromatic heterocycles. The topological polar surface area (TPSA) is 10.9 Å². The zero-order valence-corrected chi connectivity index (χ0v) is 49.0. The van der Waals surface area contributed by atoms with Crippen LogP contribution in [0, 0.1) is 0 Å². The molecule has 14 rings (SSSR count). The first-order valence-corrected chi connectivity index (χ1v) is 29.6. The summed E-state index contributed by atoms with van der Waals surface area (Å²) >= 11 is 7.34. The fraction of sp³-hybridized carbons (Fsp3) is 0.100. The van der Waals surface area contributed by atoms with Crippen LogP contribution in [0.3, 0.4) is 0 Å². The lowest BCUT2D eigenvalue weighted by molar-refractivity contribution is 0.590. The number of benzene rings is 12. The third-order valence-corrected chi connectivity index (χ3v) is 17.0. The highest BCUT2D eigenvalue weighted by Crippen LogP contribution is 2.58. The third-order valence-electron chi connectivity index (χ3n) is 16.8. The summed E-state index contributed by atoms with van der Waals surface area (Å²) in [4.78, 5) is 5.16. The van der Waals surface area contributed by atoms with Crippen LogP contribution in [0.2, 0.25) is 5.02 Å². The van der Waals surface area contributed by atoms with Gasteiger partial charge < -0.3 is 14.2 Å². The molecule has 0 spiro atoms. The summed E-state index contributed by atoms with van der Waals surface area (Å²) in [6, 6.07) is 103. The van der Waals surface area contributed by atoms with Crippen molar-refractivity contribution in [3.63, 3.8) is 0 Å². The van der Waals surface area contributed by atoms with Crippen LogP contribution in [-0.2, 0) is 10.8 Å². The molecule has 0 radical (unpaired) electrons. The van der Waals surface area contributed by atoms with E-state index in [-0.39, 0.29) is 10.8 Å². The molecule has 14 aromatic rings. The molecular weight excluding hydrogens is 1040 g/mol. The fourth-order valence-electron chi connectivity index (χ4n) is 12.7. The molecular formula is C80H64ClN3. The number of aromatic nitrogens is 1. The van der Waals surface area contributed by atoms with Crippen LogP contribution in [0.5, 0.6) is 0 Å². The average Bonchev–Trinajstić information content (AvgIpc) is 1.81. The number of rotatable bonds is 11. The molecule has 0 aliphatic rings. The van der Waals surface area contributed by atoms with E-state index in [4.69, 9.17) is 11.6 Å². The van der Waals surface area contributed by atoms with E-state index < -0.39 is 0 Å². The van der Waals surface area contributed by atoms with Crippen LogP contribution in [0.4, 0.5) is 34.1 Å². The van der Waals surface area contributed by atoms with Gasteiger partial charge in [0, 0.05) is 60.2 Å². The third kappa shape index (κ3) is 9.17. The second-order valence-corrected chi connectivity index (χ2v) is 24.7. The summed E-state index contributed by atoms with van der Waals surface area (Å²) in [5, 5.41) is 5.28. The molecule has 0 N–H and O–H groups in total. The highest BCUT2D eigenvalue weighted by Gasteiger charge is 2.34. The molecule has 0 bridgehead atoms. The summed E-state index contributed by atoms with van der Waals surface area (Å²) in [5.74, 6) is 0. The van der Waals surface area contributed by atoms with Crippen molar-refractivity contribution in [2.75, 3.05) is 9.80 Å². The van der Waals surface area contributed by atoms with Crippen molar-refractivity contribution >= 4 is 83.8 Å². The van der Waals surface area contributed by atoms with Crippen LogP contribution < -0.4 is 9.80 Å². The summed E-state index contributed by atoms with van der Waals surface area (Å²) in [7, 11) is 0. The minimum Gasteiger partial charge on any atom is -0.308 e. The second kappa shape index (κ2) is 20.9. The van der Waals surface area contributed by atoms with Crippen molar-refractivity contribution in [1.82, 2.24) is 4.40 Å². The molecule has 0 fully saturated rings. The SMILES string of the molecule is CC(C)(C)c1cc(-c2ccccc2)c(N(c2cccc(Cl)c2)c2cc(N(c3cccc(-c4ccccc4)c3)c3c(-c4ccccc4)cc(C(C)(C)C)cc3-c3ccccc3)c3c4ccccc4n4c5ccccc5c2c34)c(-c2ccccc2)c1. The number of halogens is 1. The van der Waals surface area contributed by atoms with Crippen LogP contribution in [0.1, 0.15) is 52.7 Å². The number of hydrogen-bond acceptors (Lipinski definition) is 2. The Morgan fingerprint density at radius 1 is 0.310 bits per heavy atom. The van der Waals surface area contributed by atoms with E-state index in [2.05, 4.69) is 329 Å². The Morgan fingerprint density at radius 2 is 0.643 bits per heavy atom. The maximum Gasteiger partial charge on any atom is 0.0662 e.